The molecule has 5 heteroatoms. The molecule has 0 amide bonds. The van der Waals surface area contributed by atoms with Crippen LogP contribution in [-0.4, -0.2) is 23.5 Å². The third kappa shape index (κ3) is 4.60. The van der Waals surface area contributed by atoms with Gasteiger partial charge in [0.15, 0.2) is 5.78 Å². The highest BCUT2D eigenvalue weighted by Crippen LogP contribution is 2.17. The molecular weight excluding hydrogens is 304 g/mol. The van der Waals surface area contributed by atoms with E-state index in [-0.39, 0.29) is 12.2 Å². The zero-order chi connectivity index (χ0) is 15.9. The van der Waals surface area contributed by atoms with E-state index in [1.54, 1.807) is 48.5 Å². The number of ether oxygens (including phenoxy) is 1. The van der Waals surface area contributed by atoms with Gasteiger partial charge >= 0.3 is 5.97 Å². The Bertz CT molecular complexity index is 647. The molecular formula is C17H15ClO4. The highest BCUT2D eigenvalue weighted by Gasteiger charge is 2.09. The number of rotatable bonds is 7. The number of halogens is 1. The molecule has 0 saturated heterocycles. The molecule has 1 N–H and O–H groups in total. The van der Waals surface area contributed by atoms with Gasteiger partial charge in [0.2, 0.25) is 0 Å². The standard InChI is InChI=1S/C17H15ClO4/c18-14-7-3-12(4-8-14)17(21)13-5-9-15(10-6-13)22-11-1-2-16(19)20/h3-10H,1-2,11H2,(H,19,20). The van der Waals surface area contributed by atoms with Crippen molar-refractivity contribution in [1.82, 2.24) is 0 Å². The summed E-state index contributed by atoms with van der Waals surface area (Å²) in [6.45, 7) is 0.330. The topological polar surface area (TPSA) is 63.6 Å². The lowest BCUT2D eigenvalue weighted by Crippen LogP contribution is -2.03. The van der Waals surface area contributed by atoms with Crippen molar-refractivity contribution in [3.63, 3.8) is 0 Å². The van der Waals surface area contributed by atoms with E-state index in [1.165, 1.54) is 0 Å². The molecule has 2 rings (SSSR count). The molecule has 0 aliphatic heterocycles. The Labute approximate surface area is 133 Å². The van der Waals surface area contributed by atoms with Crippen LogP contribution >= 0.6 is 11.6 Å². The normalized spacial score (nSPS) is 10.2. The van der Waals surface area contributed by atoms with E-state index in [0.717, 1.165) is 0 Å². The summed E-state index contributed by atoms with van der Waals surface area (Å²) in [5.41, 5.74) is 1.12. The molecule has 4 nitrogen and oxygen atoms in total. The van der Waals surface area contributed by atoms with Crippen LogP contribution in [0.3, 0.4) is 0 Å². The number of carbonyl (C=O) groups excluding carboxylic acids is 1. The van der Waals surface area contributed by atoms with Crippen molar-refractivity contribution < 1.29 is 19.4 Å². The van der Waals surface area contributed by atoms with E-state index in [9.17, 15) is 9.59 Å². The largest absolute Gasteiger partial charge is 0.494 e. The molecule has 0 bridgehead atoms. The van der Waals surface area contributed by atoms with E-state index < -0.39 is 5.97 Å². The highest BCUT2D eigenvalue weighted by atomic mass is 35.5. The summed E-state index contributed by atoms with van der Waals surface area (Å²) < 4.78 is 5.42. The molecule has 0 fully saturated rings. The molecule has 22 heavy (non-hydrogen) atoms. The van der Waals surface area contributed by atoms with Crippen molar-refractivity contribution in [3.8, 4) is 5.75 Å². The van der Waals surface area contributed by atoms with E-state index in [1.807, 2.05) is 0 Å². The molecule has 0 atom stereocenters. The van der Waals surface area contributed by atoms with Gasteiger partial charge < -0.3 is 9.84 Å². The Kier molecular flexibility index (Phi) is 5.55. The van der Waals surface area contributed by atoms with Gasteiger partial charge in [0, 0.05) is 22.6 Å². The van der Waals surface area contributed by atoms with Crippen LogP contribution in [0.2, 0.25) is 5.02 Å². The Hall–Kier alpha value is -2.33. The summed E-state index contributed by atoms with van der Waals surface area (Å²) in [7, 11) is 0. The molecule has 0 radical (unpaired) electrons. The Balaban J connectivity index is 1.95. The maximum atomic E-state index is 12.3. The van der Waals surface area contributed by atoms with Crippen LogP contribution in [0.1, 0.15) is 28.8 Å². The highest BCUT2D eigenvalue weighted by molar-refractivity contribution is 6.30. The predicted molar refractivity (Wildman–Crippen MR) is 83.7 cm³/mol. The first kappa shape index (κ1) is 16.0. The lowest BCUT2D eigenvalue weighted by atomic mass is 10.0. The fourth-order valence-corrected chi connectivity index (χ4v) is 2.01. The molecule has 0 aliphatic carbocycles. The number of carboxylic acid groups (broad SMARTS) is 1. The van der Waals surface area contributed by atoms with Crippen LogP contribution in [0.5, 0.6) is 5.75 Å². The molecule has 0 heterocycles. The monoisotopic (exact) mass is 318 g/mol. The smallest absolute Gasteiger partial charge is 0.303 e. The second-order valence-electron chi connectivity index (χ2n) is 4.71. The van der Waals surface area contributed by atoms with Crippen molar-refractivity contribution in [2.24, 2.45) is 0 Å². The quantitative estimate of drug-likeness (QED) is 0.622. The zero-order valence-electron chi connectivity index (χ0n) is 11.8. The number of hydrogen-bond acceptors (Lipinski definition) is 3. The number of benzene rings is 2. The zero-order valence-corrected chi connectivity index (χ0v) is 12.5. The summed E-state index contributed by atoms with van der Waals surface area (Å²) >= 11 is 5.80. The average molecular weight is 319 g/mol. The molecule has 114 valence electrons. The van der Waals surface area contributed by atoms with Crippen molar-refractivity contribution in [3.05, 3.63) is 64.7 Å². The fraction of sp³-hybridized carbons (Fsp3) is 0.176. The first-order valence-electron chi connectivity index (χ1n) is 6.81. The van der Waals surface area contributed by atoms with Gasteiger partial charge in [0.1, 0.15) is 5.75 Å². The second-order valence-corrected chi connectivity index (χ2v) is 5.14. The fourth-order valence-electron chi connectivity index (χ4n) is 1.88. The van der Waals surface area contributed by atoms with Crippen LogP contribution in [0.25, 0.3) is 0 Å². The lowest BCUT2D eigenvalue weighted by Gasteiger charge is -2.06. The summed E-state index contributed by atoms with van der Waals surface area (Å²) in [5, 5.41) is 9.12. The van der Waals surface area contributed by atoms with Gasteiger partial charge in [0.25, 0.3) is 0 Å². The minimum absolute atomic E-state index is 0.0765. The maximum Gasteiger partial charge on any atom is 0.303 e. The van der Waals surface area contributed by atoms with E-state index in [4.69, 9.17) is 21.4 Å². The van der Waals surface area contributed by atoms with Gasteiger partial charge in [-0.3, -0.25) is 9.59 Å². The van der Waals surface area contributed by atoms with E-state index in [2.05, 4.69) is 0 Å². The summed E-state index contributed by atoms with van der Waals surface area (Å²) in [4.78, 5) is 22.6. The number of carbonyl (C=O) groups is 2. The van der Waals surface area contributed by atoms with Crippen LogP contribution in [-0.2, 0) is 4.79 Å². The number of hydrogen-bond donors (Lipinski definition) is 1. The molecule has 0 spiro atoms. The van der Waals surface area contributed by atoms with Crippen molar-refractivity contribution in [2.75, 3.05) is 6.61 Å². The van der Waals surface area contributed by atoms with Gasteiger partial charge in [-0.05, 0) is 55.0 Å². The number of carboxylic acids is 1. The summed E-state index contributed by atoms with van der Waals surface area (Å²) in [5.74, 6) is -0.320. The Morgan fingerprint density at radius 3 is 2.05 bits per heavy atom. The van der Waals surface area contributed by atoms with Gasteiger partial charge in [-0.25, -0.2) is 0 Å². The minimum Gasteiger partial charge on any atom is -0.494 e. The SMILES string of the molecule is O=C(O)CCCOc1ccc(C(=O)c2ccc(Cl)cc2)cc1. The van der Waals surface area contributed by atoms with Gasteiger partial charge in [0.05, 0.1) is 6.61 Å². The minimum atomic E-state index is -0.840. The third-order valence-corrected chi connectivity index (χ3v) is 3.28. The van der Waals surface area contributed by atoms with Crippen molar-refractivity contribution in [1.29, 1.82) is 0 Å². The molecule has 2 aromatic carbocycles. The Morgan fingerprint density at radius 2 is 1.50 bits per heavy atom. The van der Waals surface area contributed by atoms with E-state index in [0.29, 0.717) is 34.9 Å². The van der Waals surface area contributed by atoms with Gasteiger partial charge in [-0.15, -0.1) is 0 Å². The first-order chi connectivity index (χ1) is 10.6. The van der Waals surface area contributed by atoms with Crippen molar-refractivity contribution >= 4 is 23.4 Å². The lowest BCUT2D eigenvalue weighted by molar-refractivity contribution is -0.137. The van der Waals surface area contributed by atoms with Gasteiger partial charge in [-0.2, -0.15) is 0 Å². The summed E-state index contributed by atoms with van der Waals surface area (Å²) in [6.07, 6.45) is 0.522. The van der Waals surface area contributed by atoms with Crippen LogP contribution in [0.15, 0.2) is 48.5 Å². The Morgan fingerprint density at radius 1 is 0.955 bits per heavy atom. The van der Waals surface area contributed by atoms with Gasteiger partial charge in [-0.1, -0.05) is 11.6 Å². The average Bonchev–Trinajstić information content (AvgIpc) is 2.52. The molecule has 0 aromatic heterocycles. The third-order valence-electron chi connectivity index (χ3n) is 3.03. The van der Waals surface area contributed by atoms with E-state index >= 15 is 0 Å². The molecule has 0 saturated carbocycles. The molecule has 0 aliphatic rings. The number of aliphatic carboxylic acids is 1. The first-order valence-corrected chi connectivity index (χ1v) is 7.19. The van der Waals surface area contributed by atoms with Crippen molar-refractivity contribution in [2.45, 2.75) is 12.8 Å². The summed E-state index contributed by atoms with van der Waals surface area (Å²) in [6, 6.07) is 13.5. The van der Waals surface area contributed by atoms with Crippen LogP contribution in [0.4, 0.5) is 0 Å². The van der Waals surface area contributed by atoms with Crippen LogP contribution < -0.4 is 4.74 Å². The molecule has 0 unspecified atom stereocenters. The molecule has 2 aromatic rings. The number of ketones is 1. The van der Waals surface area contributed by atoms with Crippen LogP contribution in [0, 0.1) is 0 Å². The maximum absolute atomic E-state index is 12.3. The predicted octanol–water partition coefficient (Wildman–Crippen LogP) is 3.81. The second kappa shape index (κ2) is 7.61.